The van der Waals surface area contributed by atoms with Gasteiger partial charge in [0.05, 0.1) is 18.4 Å². The molecule has 1 N–H and O–H groups in total. The molecular formula is C17H16AcN4O. The molecule has 1 aliphatic rings. The number of aliphatic hydroxyl groups is 1. The van der Waals surface area contributed by atoms with Crippen LogP contribution in [0.3, 0.4) is 0 Å². The van der Waals surface area contributed by atoms with Gasteiger partial charge in [0.25, 0.3) is 0 Å². The summed E-state index contributed by atoms with van der Waals surface area (Å²) < 4.78 is 0. The molecule has 1 radical (unpaired) electrons. The first kappa shape index (κ1) is 18.2. The molecule has 3 rings (SSSR count). The fourth-order valence-electron chi connectivity index (χ4n) is 2.71. The summed E-state index contributed by atoms with van der Waals surface area (Å²) in [6, 6.07) is 13.6. The molecule has 0 fully saturated rings. The monoisotopic (exact) mass is 519 g/mol. The van der Waals surface area contributed by atoms with Crippen LogP contribution >= 0.6 is 0 Å². The summed E-state index contributed by atoms with van der Waals surface area (Å²) in [5, 5.41) is 13.1. The van der Waals surface area contributed by atoms with E-state index in [0.717, 1.165) is 23.3 Å². The van der Waals surface area contributed by atoms with Gasteiger partial charge in [0.15, 0.2) is 0 Å². The van der Waals surface area contributed by atoms with Gasteiger partial charge in [-0.3, -0.25) is 4.99 Å². The quantitative estimate of drug-likeness (QED) is 0.375. The zero-order valence-corrected chi connectivity index (χ0v) is 17.6. The van der Waals surface area contributed by atoms with E-state index in [2.05, 4.69) is 35.1 Å². The van der Waals surface area contributed by atoms with Crippen LogP contribution in [0.15, 0.2) is 52.6 Å². The SMILES string of the molecule is Cc1ccc2c(c1)C(c1ccc(N=[N+]=[N-])cc1)=N[C@H](CO)C2.[Ac]. The van der Waals surface area contributed by atoms with Crippen LogP contribution in [0.1, 0.15) is 22.3 Å². The van der Waals surface area contributed by atoms with E-state index in [1.54, 1.807) is 12.1 Å². The van der Waals surface area contributed by atoms with Crippen LogP contribution in [0, 0.1) is 51.0 Å². The zero-order chi connectivity index (χ0) is 15.5. The molecule has 2 aromatic carbocycles. The number of fused-ring (bicyclic) bond motifs is 1. The average molecular weight is 519 g/mol. The normalized spacial score (nSPS) is 15.7. The maximum absolute atomic E-state index is 9.49. The van der Waals surface area contributed by atoms with Crippen molar-refractivity contribution in [3.8, 4) is 0 Å². The van der Waals surface area contributed by atoms with Gasteiger partial charge in [-0.1, -0.05) is 47.1 Å². The van der Waals surface area contributed by atoms with E-state index in [4.69, 9.17) is 10.5 Å². The van der Waals surface area contributed by atoms with Gasteiger partial charge >= 0.3 is 0 Å². The molecule has 0 aliphatic carbocycles. The maximum atomic E-state index is 9.49. The summed E-state index contributed by atoms with van der Waals surface area (Å²) in [5.41, 5.74) is 14.4. The van der Waals surface area contributed by atoms with Gasteiger partial charge in [0.2, 0.25) is 0 Å². The van der Waals surface area contributed by atoms with Crippen LogP contribution in [-0.4, -0.2) is 23.5 Å². The largest absolute Gasteiger partial charge is 0.394 e. The summed E-state index contributed by atoms with van der Waals surface area (Å²) in [6.45, 7) is 2.09. The Hall–Kier alpha value is -1.18. The first-order valence-corrected chi connectivity index (χ1v) is 7.15. The Bertz CT molecular complexity index is 780. The number of benzene rings is 2. The van der Waals surface area contributed by atoms with Gasteiger partial charge < -0.3 is 5.11 Å². The van der Waals surface area contributed by atoms with E-state index in [1.165, 1.54) is 11.1 Å². The van der Waals surface area contributed by atoms with Crippen molar-refractivity contribution in [2.24, 2.45) is 10.1 Å². The molecule has 0 aromatic heterocycles. The summed E-state index contributed by atoms with van der Waals surface area (Å²) in [7, 11) is 0. The van der Waals surface area contributed by atoms with E-state index in [9.17, 15) is 5.11 Å². The topological polar surface area (TPSA) is 81.4 Å². The van der Waals surface area contributed by atoms with E-state index in [1.807, 2.05) is 12.1 Å². The second-order valence-corrected chi connectivity index (χ2v) is 5.42. The standard InChI is InChI=1S/C17H16N4O.Ac/c1-11-2-3-13-9-15(10-22)19-17(16(13)8-11)12-4-6-14(7-5-12)20-21-18;/h2-8,15,22H,9-10H2,1H3;/t15-;/m0./s1. The molecule has 1 heterocycles. The molecule has 1 atom stereocenters. The molecule has 6 heteroatoms. The Morgan fingerprint density at radius 1 is 1.26 bits per heavy atom. The zero-order valence-electron chi connectivity index (χ0n) is 12.8. The third kappa shape index (κ3) is 4.02. The Balaban J connectivity index is 0.00000192. The Labute approximate surface area is 170 Å². The number of hydrogen-bond acceptors (Lipinski definition) is 3. The van der Waals surface area contributed by atoms with Gasteiger partial charge in [0.1, 0.15) is 0 Å². The molecule has 0 spiro atoms. The molecule has 0 bridgehead atoms. The number of rotatable bonds is 3. The Kier molecular flexibility index (Phi) is 6.38. The predicted molar refractivity (Wildman–Crippen MR) is 86.6 cm³/mol. The van der Waals surface area contributed by atoms with Crippen LogP contribution in [0.25, 0.3) is 10.4 Å². The second kappa shape index (κ2) is 8.08. The van der Waals surface area contributed by atoms with Gasteiger partial charge in [-0.15, -0.1) is 0 Å². The summed E-state index contributed by atoms with van der Waals surface area (Å²) in [6.07, 6.45) is 0.756. The van der Waals surface area contributed by atoms with Crippen LogP contribution in [-0.2, 0) is 6.42 Å². The van der Waals surface area contributed by atoms with Crippen LogP contribution in [0.5, 0.6) is 0 Å². The average Bonchev–Trinajstić information content (AvgIpc) is 2.55. The first-order valence-electron chi connectivity index (χ1n) is 7.15. The number of aliphatic imine (C=N–C) groups is 1. The second-order valence-electron chi connectivity index (χ2n) is 5.42. The van der Waals surface area contributed by atoms with Crippen LogP contribution in [0.4, 0.5) is 5.69 Å². The first-order chi connectivity index (χ1) is 10.7. The van der Waals surface area contributed by atoms with Crippen molar-refractivity contribution in [3.63, 3.8) is 0 Å². The molecule has 0 saturated carbocycles. The fourth-order valence-corrected chi connectivity index (χ4v) is 2.71. The van der Waals surface area contributed by atoms with Crippen molar-refractivity contribution in [2.45, 2.75) is 19.4 Å². The molecule has 113 valence electrons. The van der Waals surface area contributed by atoms with Crippen molar-refractivity contribution in [1.82, 2.24) is 0 Å². The number of aliphatic hydroxyl groups excluding tert-OH is 1. The minimum absolute atomic E-state index is 0. The Morgan fingerprint density at radius 3 is 2.65 bits per heavy atom. The third-order valence-corrected chi connectivity index (χ3v) is 3.80. The molecule has 23 heavy (non-hydrogen) atoms. The Morgan fingerprint density at radius 2 is 2.00 bits per heavy atom. The van der Waals surface area contributed by atoms with E-state index in [-0.39, 0.29) is 56.7 Å². The number of azide groups is 1. The minimum atomic E-state index is -0.109. The van der Waals surface area contributed by atoms with Crippen molar-refractivity contribution in [3.05, 3.63) is 75.2 Å². The minimum Gasteiger partial charge on any atom is -0.394 e. The molecular weight excluding hydrogens is 503 g/mol. The van der Waals surface area contributed by atoms with Crippen molar-refractivity contribution >= 4 is 11.4 Å². The van der Waals surface area contributed by atoms with Gasteiger partial charge in [-0.2, -0.15) is 0 Å². The molecule has 2 aromatic rings. The van der Waals surface area contributed by atoms with Gasteiger partial charge in [0, 0.05) is 65.8 Å². The molecule has 0 unspecified atom stereocenters. The number of aryl methyl sites for hydroxylation is 1. The van der Waals surface area contributed by atoms with Gasteiger partial charge in [-0.25, -0.2) is 0 Å². The van der Waals surface area contributed by atoms with Crippen molar-refractivity contribution in [2.75, 3.05) is 6.61 Å². The summed E-state index contributed by atoms with van der Waals surface area (Å²) in [5.74, 6) is 0. The molecule has 0 saturated heterocycles. The summed E-state index contributed by atoms with van der Waals surface area (Å²) >= 11 is 0. The molecule has 5 nitrogen and oxygen atoms in total. The van der Waals surface area contributed by atoms with Crippen LogP contribution < -0.4 is 0 Å². The van der Waals surface area contributed by atoms with E-state index >= 15 is 0 Å². The molecule has 0 amide bonds. The molecule has 1 aliphatic heterocycles. The van der Waals surface area contributed by atoms with Crippen LogP contribution in [0.2, 0.25) is 0 Å². The van der Waals surface area contributed by atoms with Crippen molar-refractivity contribution in [1.29, 1.82) is 0 Å². The van der Waals surface area contributed by atoms with Gasteiger partial charge in [-0.05, 0) is 30.5 Å². The maximum Gasteiger partial charge on any atom is 0.0778 e. The van der Waals surface area contributed by atoms with E-state index in [0.29, 0.717) is 5.69 Å². The third-order valence-electron chi connectivity index (χ3n) is 3.80. The smallest absolute Gasteiger partial charge is 0.0778 e. The predicted octanol–water partition coefficient (Wildman–Crippen LogP) is 3.69. The summed E-state index contributed by atoms with van der Waals surface area (Å²) in [4.78, 5) is 7.47. The van der Waals surface area contributed by atoms with Crippen molar-refractivity contribution < 1.29 is 49.2 Å². The fraction of sp³-hybridized carbons (Fsp3) is 0.235. The van der Waals surface area contributed by atoms with E-state index < -0.39 is 0 Å². The number of hydrogen-bond donors (Lipinski definition) is 1. The number of nitrogens with zero attached hydrogens (tertiary/aromatic N) is 4.